The van der Waals surface area contributed by atoms with Crippen molar-refractivity contribution in [2.24, 2.45) is 0 Å². The van der Waals surface area contributed by atoms with Crippen molar-refractivity contribution in [1.82, 2.24) is 9.78 Å². The molecule has 0 saturated heterocycles. The topological polar surface area (TPSA) is 34.9 Å². The number of rotatable bonds is 5. The Morgan fingerprint density at radius 3 is 2.52 bits per heavy atom. The largest absolute Gasteiger partial charge is 0.293 e. The molecule has 0 fully saturated rings. The summed E-state index contributed by atoms with van der Waals surface area (Å²) in [5, 5.41) is 4.40. The van der Waals surface area contributed by atoms with E-state index < -0.39 is 0 Å². The van der Waals surface area contributed by atoms with E-state index in [1.54, 1.807) is 4.68 Å². The van der Waals surface area contributed by atoms with Crippen LogP contribution in [0, 0.1) is 17.8 Å². The zero-order valence-corrected chi connectivity index (χ0v) is 16.7. The molecule has 0 saturated carbocycles. The molecule has 25 heavy (non-hydrogen) atoms. The number of benzene rings is 2. The van der Waals surface area contributed by atoms with Crippen LogP contribution in [0.25, 0.3) is 5.69 Å². The number of nitrogens with zero attached hydrogens (tertiary/aromatic N) is 2. The van der Waals surface area contributed by atoms with Gasteiger partial charge in [0.1, 0.15) is 0 Å². The van der Waals surface area contributed by atoms with Crippen molar-refractivity contribution in [3.05, 3.63) is 69.2 Å². The predicted molar refractivity (Wildman–Crippen MR) is 108 cm³/mol. The van der Waals surface area contributed by atoms with E-state index in [0.29, 0.717) is 3.95 Å². The second-order valence-electron chi connectivity index (χ2n) is 5.82. The van der Waals surface area contributed by atoms with Gasteiger partial charge in [0.05, 0.1) is 10.9 Å². The summed E-state index contributed by atoms with van der Waals surface area (Å²) in [5.41, 5.74) is 3.97. The highest BCUT2D eigenvalue weighted by Gasteiger charge is 2.19. The predicted octanol–water partition coefficient (Wildman–Crippen LogP) is 5.64. The van der Waals surface area contributed by atoms with E-state index in [2.05, 4.69) is 5.10 Å². The maximum absolute atomic E-state index is 12.6. The second kappa shape index (κ2) is 7.64. The van der Waals surface area contributed by atoms with Crippen molar-refractivity contribution >= 4 is 41.1 Å². The number of carbonyl (C=O) groups is 1. The summed E-state index contributed by atoms with van der Waals surface area (Å²) in [6.45, 7) is 5.96. The van der Waals surface area contributed by atoms with E-state index in [9.17, 15) is 4.79 Å². The molecular weight excluding hydrogens is 368 g/mol. The molecule has 0 N–H and O–H groups in total. The lowest BCUT2D eigenvalue weighted by Crippen LogP contribution is -2.13. The molecule has 0 radical (unpaired) electrons. The minimum Gasteiger partial charge on any atom is -0.293 e. The van der Waals surface area contributed by atoms with Gasteiger partial charge in [-0.1, -0.05) is 71.1 Å². The van der Waals surface area contributed by atoms with Crippen LogP contribution in [-0.4, -0.2) is 20.8 Å². The van der Waals surface area contributed by atoms with Gasteiger partial charge < -0.3 is 0 Å². The molecule has 1 heterocycles. The molecule has 3 nitrogen and oxygen atoms in total. The maximum Gasteiger partial charge on any atom is 0.184 e. The van der Waals surface area contributed by atoms with Crippen LogP contribution in [-0.2, 0) is 0 Å². The number of Topliss-reactive ketones (excluding diaryl/α,β-unsaturated/α-hetero) is 1. The molecule has 6 heteroatoms. The molecule has 3 aromatic rings. The lowest BCUT2D eigenvalue weighted by Gasteiger charge is -2.08. The molecular formula is C19H18N2OS3. The number of aromatic nitrogens is 2. The van der Waals surface area contributed by atoms with Crippen LogP contribution < -0.4 is 0 Å². The molecule has 1 atom stereocenters. The smallest absolute Gasteiger partial charge is 0.184 e. The lowest BCUT2D eigenvalue weighted by molar-refractivity contribution is 0.0994. The Labute approximate surface area is 160 Å². The molecule has 2 aromatic carbocycles. The normalized spacial score (nSPS) is 12.1. The van der Waals surface area contributed by atoms with E-state index in [0.717, 1.165) is 26.7 Å². The minimum absolute atomic E-state index is 0.105. The monoisotopic (exact) mass is 386 g/mol. The van der Waals surface area contributed by atoms with Gasteiger partial charge in [0, 0.05) is 5.56 Å². The van der Waals surface area contributed by atoms with Gasteiger partial charge in [-0.25, -0.2) is 4.68 Å². The van der Waals surface area contributed by atoms with Crippen molar-refractivity contribution in [3.63, 3.8) is 0 Å². The standard InChI is InChI=1S/C19H18N2OS3/c1-12-8-10-15(11-9-12)17(22)14(3)24-18-20-21(19(23)25-18)16-7-5-4-6-13(16)2/h4-11,14H,1-3H3/t14-/m1/s1. The Kier molecular flexibility index (Phi) is 5.51. The second-order valence-corrected chi connectivity index (χ2v) is 9.03. The van der Waals surface area contributed by atoms with Gasteiger partial charge in [0.15, 0.2) is 14.1 Å². The van der Waals surface area contributed by atoms with Gasteiger partial charge in [0.2, 0.25) is 0 Å². The third-order valence-electron chi connectivity index (χ3n) is 3.86. The number of aryl methyl sites for hydroxylation is 2. The molecule has 0 amide bonds. The third-order valence-corrected chi connectivity index (χ3v) is 6.27. The van der Waals surface area contributed by atoms with E-state index in [-0.39, 0.29) is 11.0 Å². The third kappa shape index (κ3) is 4.08. The molecule has 128 valence electrons. The number of hydrogen-bond acceptors (Lipinski definition) is 5. The van der Waals surface area contributed by atoms with Crippen molar-refractivity contribution in [1.29, 1.82) is 0 Å². The van der Waals surface area contributed by atoms with Gasteiger partial charge in [-0.2, -0.15) is 0 Å². The van der Waals surface area contributed by atoms with Crippen molar-refractivity contribution in [3.8, 4) is 5.69 Å². The molecule has 3 rings (SSSR count). The summed E-state index contributed by atoms with van der Waals surface area (Å²) in [6.07, 6.45) is 0. The molecule has 0 unspecified atom stereocenters. The van der Waals surface area contributed by atoms with E-state index in [1.807, 2.05) is 69.3 Å². The number of thioether (sulfide) groups is 1. The summed E-state index contributed by atoms with van der Waals surface area (Å²) >= 11 is 8.36. The van der Waals surface area contributed by atoms with Gasteiger partial charge in [-0.05, 0) is 44.6 Å². The van der Waals surface area contributed by atoms with Crippen molar-refractivity contribution in [2.45, 2.75) is 30.4 Å². The van der Waals surface area contributed by atoms with E-state index in [4.69, 9.17) is 12.2 Å². The van der Waals surface area contributed by atoms with E-state index in [1.165, 1.54) is 23.1 Å². The minimum atomic E-state index is -0.214. The first-order chi connectivity index (χ1) is 12.0. The number of ketones is 1. The summed E-state index contributed by atoms with van der Waals surface area (Å²) in [4.78, 5) is 12.6. The Balaban J connectivity index is 1.81. The van der Waals surface area contributed by atoms with Gasteiger partial charge in [-0.3, -0.25) is 4.79 Å². The molecule has 0 aliphatic heterocycles. The molecule has 1 aromatic heterocycles. The summed E-state index contributed by atoms with van der Waals surface area (Å²) in [5.74, 6) is 0.105. The molecule has 0 bridgehead atoms. The molecule has 0 aliphatic carbocycles. The van der Waals surface area contributed by atoms with Crippen LogP contribution in [0.2, 0.25) is 0 Å². The summed E-state index contributed by atoms with van der Waals surface area (Å²) < 4.78 is 3.27. The van der Waals surface area contributed by atoms with Crippen LogP contribution in [0.15, 0.2) is 52.9 Å². The number of para-hydroxylation sites is 1. The highest BCUT2D eigenvalue weighted by atomic mass is 32.2. The fourth-order valence-corrected chi connectivity index (χ4v) is 4.99. The zero-order chi connectivity index (χ0) is 18.0. The van der Waals surface area contributed by atoms with Crippen molar-refractivity contribution < 1.29 is 4.79 Å². The Hall–Kier alpha value is -1.76. The number of carbonyl (C=O) groups excluding carboxylic acids is 1. The number of hydrogen-bond donors (Lipinski definition) is 0. The molecule has 0 aliphatic rings. The Morgan fingerprint density at radius 1 is 1.16 bits per heavy atom. The fraction of sp³-hybridized carbons (Fsp3) is 0.211. The highest BCUT2D eigenvalue weighted by Crippen LogP contribution is 2.29. The van der Waals surface area contributed by atoms with Gasteiger partial charge in [0.25, 0.3) is 0 Å². The zero-order valence-electron chi connectivity index (χ0n) is 14.2. The van der Waals surface area contributed by atoms with Crippen LogP contribution in [0.4, 0.5) is 0 Å². The average molecular weight is 387 g/mol. The Bertz CT molecular complexity index is 957. The highest BCUT2D eigenvalue weighted by molar-refractivity contribution is 8.02. The van der Waals surface area contributed by atoms with Gasteiger partial charge in [-0.15, -0.1) is 5.10 Å². The summed E-state index contributed by atoms with van der Waals surface area (Å²) in [6, 6.07) is 15.7. The Morgan fingerprint density at radius 2 is 1.84 bits per heavy atom. The fourth-order valence-electron chi connectivity index (χ4n) is 2.42. The first-order valence-corrected chi connectivity index (χ1v) is 10.00. The first kappa shape index (κ1) is 18.0. The first-order valence-electron chi connectivity index (χ1n) is 7.89. The average Bonchev–Trinajstić information content (AvgIpc) is 2.95. The van der Waals surface area contributed by atoms with Crippen LogP contribution in [0.5, 0.6) is 0 Å². The molecule has 0 spiro atoms. The van der Waals surface area contributed by atoms with Crippen molar-refractivity contribution in [2.75, 3.05) is 0 Å². The van der Waals surface area contributed by atoms with E-state index >= 15 is 0 Å². The van der Waals surface area contributed by atoms with Crippen LogP contribution >= 0.6 is 35.3 Å². The van der Waals surface area contributed by atoms with Crippen LogP contribution in [0.1, 0.15) is 28.4 Å². The van der Waals surface area contributed by atoms with Crippen LogP contribution in [0.3, 0.4) is 0 Å². The SMILES string of the molecule is Cc1ccc(C(=O)[C@@H](C)Sc2nn(-c3ccccc3C)c(=S)s2)cc1. The maximum atomic E-state index is 12.6. The quantitative estimate of drug-likeness (QED) is 0.323. The van der Waals surface area contributed by atoms with Gasteiger partial charge >= 0.3 is 0 Å². The lowest BCUT2D eigenvalue weighted by atomic mass is 10.1. The summed E-state index contributed by atoms with van der Waals surface area (Å²) in [7, 11) is 0.